The molecule has 0 aliphatic carbocycles. The van der Waals surface area contributed by atoms with Crippen LogP contribution in [-0.4, -0.2) is 21.9 Å². The standard InChI is InChI=1S/C11H17NO2/c1-11(2,14)10(12)7-8-4-3-5-9(13)6-8/h3-6,10,13-14H,7,12H2,1-2H3. The Morgan fingerprint density at radius 2 is 2.07 bits per heavy atom. The first-order valence-electron chi connectivity index (χ1n) is 4.65. The maximum atomic E-state index is 9.63. The molecule has 0 bridgehead atoms. The average molecular weight is 195 g/mol. The predicted octanol–water partition coefficient (Wildman–Crippen LogP) is 1.03. The van der Waals surface area contributed by atoms with Gasteiger partial charge in [-0.2, -0.15) is 0 Å². The van der Waals surface area contributed by atoms with Gasteiger partial charge in [0.15, 0.2) is 0 Å². The lowest BCUT2D eigenvalue weighted by Crippen LogP contribution is -2.44. The molecule has 14 heavy (non-hydrogen) atoms. The Labute approximate surface area is 84.2 Å². The molecule has 0 amide bonds. The minimum absolute atomic E-state index is 0.227. The number of hydrogen-bond donors (Lipinski definition) is 3. The molecule has 3 heteroatoms. The summed E-state index contributed by atoms with van der Waals surface area (Å²) in [6, 6.07) is 6.59. The van der Waals surface area contributed by atoms with Crippen LogP contribution in [0.2, 0.25) is 0 Å². The number of rotatable bonds is 3. The summed E-state index contributed by atoms with van der Waals surface area (Å²) >= 11 is 0. The van der Waals surface area contributed by atoms with Crippen LogP contribution in [0.5, 0.6) is 5.75 Å². The molecule has 3 nitrogen and oxygen atoms in total. The van der Waals surface area contributed by atoms with Crippen molar-refractivity contribution in [1.82, 2.24) is 0 Å². The maximum Gasteiger partial charge on any atom is 0.115 e. The van der Waals surface area contributed by atoms with Crippen molar-refractivity contribution in [3.05, 3.63) is 29.8 Å². The van der Waals surface area contributed by atoms with E-state index in [2.05, 4.69) is 0 Å². The van der Waals surface area contributed by atoms with Crippen molar-refractivity contribution in [3.8, 4) is 5.75 Å². The van der Waals surface area contributed by atoms with Gasteiger partial charge in [0.2, 0.25) is 0 Å². The van der Waals surface area contributed by atoms with Gasteiger partial charge in [0.05, 0.1) is 5.60 Å². The second-order valence-corrected chi connectivity index (χ2v) is 4.13. The van der Waals surface area contributed by atoms with Crippen molar-refractivity contribution in [3.63, 3.8) is 0 Å². The summed E-state index contributed by atoms with van der Waals surface area (Å²) in [6.07, 6.45) is 0.553. The zero-order valence-corrected chi connectivity index (χ0v) is 8.57. The number of aromatic hydroxyl groups is 1. The van der Waals surface area contributed by atoms with Crippen LogP contribution < -0.4 is 5.73 Å². The normalized spacial score (nSPS) is 14.0. The summed E-state index contributed by atoms with van der Waals surface area (Å²) in [5.41, 5.74) is 5.83. The molecule has 78 valence electrons. The smallest absolute Gasteiger partial charge is 0.115 e. The summed E-state index contributed by atoms with van der Waals surface area (Å²) in [6.45, 7) is 3.36. The molecule has 0 radical (unpaired) electrons. The summed E-state index contributed by atoms with van der Waals surface area (Å²) in [4.78, 5) is 0. The monoisotopic (exact) mass is 195 g/mol. The van der Waals surface area contributed by atoms with Gasteiger partial charge in [-0.15, -0.1) is 0 Å². The second kappa shape index (κ2) is 3.98. The number of nitrogens with two attached hydrogens (primary N) is 1. The van der Waals surface area contributed by atoms with Gasteiger partial charge in [-0.3, -0.25) is 0 Å². The van der Waals surface area contributed by atoms with E-state index in [1.807, 2.05) is 6.07 Å². The molecule has 0 saturated heterocycles. The molecule has 0 aliphatic rings. The number of aliphatic hydroxyl groups is 1. The number of benzene rings is 1. The van der Waals surface area contributed by atoms with E-state index in [1.165, 1.54) is 0 Å². The number of phenolic OH excluding ortho intramolecular Hbond substituents is 1. The van der Waals surface area contributed by atoms with Gasteiger partial charge in [0, 0.05) is 6.04 Å². The van der Waals surface area contributed by atoms with Crippen molar-refractivity contribution in [2.75, 3.05) is 0 Å². The Hall–Kier alpha value is -1.06. The first-order chi connectivity index (χ1) is 6.39. The lowest BCUT2D eigenvalue weighted by Gasteiger charge is -2.25. The van der Waals surface area contributed by atoms with E-state index in [0.29, 0.717) is 6.42 Å². The number of hydrogen-bond acceptors (Lipinski definition) is 3. The zero-order valence-electron chi connectivity index (χ0n) is 8.57. The van der Waals surface area contributed by atoms with Gasteiger partial charge in [-0.05, 0) is 38.0 Å². The zero-order chi connectivity index (χ0) is 10.8. The van der Waals surface area contributed by atoms with Crippen molar-refractivity contribution < 1.29 is 10.2 Å². The van der Waals surface area contributed by atoms with E-state index in [-0.39, 0.29) is 11.8 Å². The first-order valence-corrected chi connectivity index (χ1v) is 4.65. The average Bonchev–Trinajstić information content (AvgIpc) is 2.02. The molecule has 1 atom stereocenters. The Bertz CT molecular complexity index is 304. The van der Waals surface area contributed by atoms with Crippen LogP contribution in [0.3, 0.4) is 0 Å². The van der Waals surface area contributed by atoms with E-state index >= 15 is 0 Å². The fraction of sp³-hybridized carbons (Fsp3) is 0.455. The molecule has 0 aliphatic heterocycles. The molecule has 0 heterocycles. The van der Waals surface area contributed by atoms with Crippen LogP contribution >= 0.6 is 0 Å². The van der Waals surface area contributed by atoms with Gasteiger partial charge < -0.3 is 15.9 Å². The fourth-order valence-corrected chi connectivity index (χ4v) is 1.19. The van der Waals surface area contributed by atoms with Crippen molar-refractivity contribution in [1.29, 1.82) is 0 Å². The van der Waals surface area contributed by atoms with E-state index in [9.17, 15) is 10.2 Å². The summed E-state index contributed by atoms with van der Waals surface area (Å²) in [5, 5.41) is 18.9. The third-order valence-electron chi connectivity index (χ3n) is 2.27. The first kappa shape index (κ1) is 11.0. The van der Waals surface area contributed by atoms with Crippen LogP contribution in [0, 0.1) is 0 Å². The Kier molecular flexibility index (Phi) is 3.13. The Morgan fingerprint density at radius 1 is 1.43 bits per heavy atom. The van der Waals surface area contributed by atoms with Crippen LogP contribution in [-0.2, 0) is 6.42 Å². The molecule has 1 unspecified atom stereocenters. The van der Waals surface area contributed by atoms with Crippen LogP contribution in [0.1, 0.15) is 19.4 Å². The molecular formula is C11H17NO2. The molecule has 0 saturated carbocycles. The minimum atomic E-state index is -0.897. The van der Waals surface area contributed by atoms with Gasteiger partial charge in [0.1, 0.15) is 5.75 Å². The second-order valence-electron chi connectivity index (χ2n) is 4.13. The lowest BCUT2D eigenvalue weighted by molar-refractivity contribution is 0.0521. The highest BCUT2D eigenvalue weighted by Gasteiger charge is 2.22. The summed E-state index contributed by atoms with van der Waals surface area (Å²) in [7, 11) is 0. The quantitative estimate of drug-likeness (QED) is 0.675. The molecule has 1 rings (SSSR count). The molecule has 0 fully saturated rings. The minimum Gasteiger partial charge on any atom is -0.508 e. The van der Waals surface area contributed by atoms with Crippen LogP contribution in [0.15, 0.2) is 24.3 Å². The van der Waals surface area contributed by atoms with Crippen molar-refractivity contribution in [2.45, 2.75) is 31.9 Å². The number of phenols is 1. The maximum absolute atomic E-state index is 9.63. The highest BCUT2D eigenvalue weighted by molar-refractivity contribution is 5.27. The lowest BCUT2D eigenvalue weighted by atomic mass is 9.93. The largest absolute Gasteiger partial charge is 0.508 e. The van der Waals surface area contributed by atoms with Crippen molar-refractivity contribution >= 4 is 0 Å². The highest BCUT2D eigenvalue weighted by Crippen LogP contribution is 2.16. The molecule has 0 spiro atoms. The third kappa shape index (κ3) is 3.01. The molecule has 1 aromatic rings. The molecule has 0 aromatic heterocycles. The fourth-order valence-electron chi connectivity index (χ4n) is 1.19. The SMILES string of the molecule is CC(C)(O)C(N)Cc1cccc(O)c1. The Morgan fingerprint density at radius 3 is 2.57 bits per heavy atom. The van der Waals surface area contributed by atoms with Crippen LogP contribution in [0.25, 0.3) is 0 Å². The van der Waals surface area contributed by atoms with Gasteiger partial charge in [-0.25, -0.2) is 0 Å². The summed E-state index contributed by atoms with van der Waals surface area (Å²) in [5.74, 6) is 0.227. The molecule has 1 aromatic carbocycles. The topological polar surface area (TPSA) is 66.5 Å². The molecule has 4 N–H and O–H groups in total. The van der Waals surface area contributed by atoms with E-state index in [4.69, 9.17) is 5.73 Å². The summed E-state index contributed by atoms with van der Waals surface area (Å²) < 4.78 is 0. The Balaban J connectivity index is 2.70. The van der Waals surface area contributed by atoms with Gasteiger partial charge in [-0.1, -0.05) is 12.1 Å². The van der Waals surface area contributed by atoms with Crippen molar-refractivity contribution in [2.24, 2.45) is 5.73 Å². The predicted molar refractivity (Wildman–Crippen MR) is 56.1 cm³/mol. The highest BCUT2D eigenvalue weighted by atomic mass is 16.3. The van der Waals surface area contributed by atoms with Gasteiger partial charge >= 0.3 is 0 Å². The van der Waals surface area contributed by atoms with E-state index < -0.39 is 5.60 Å². The van der Waals surface area contributed by atoms with E-state index in [1.54, 1.807) is 32.0 Å². The van der Waals surface area contributed by atoms with E-state index in [0.717, 1.165) is 5.56 Å². The van der Waals surface area contributed by atoms with Gasteiger partial charge in [0.25, 0.3) is 0 Å². The third-order valence-corrected chi connectivity index (χ3v) is 2.27. The van der Waals surface area contributed by atoms with Crippen LogP contribution in [0.4, 0.5) is 0 Å². The molecular weight excluding hydrogens is 178 g/mol.